The largest absolute Gasteiger partial charge is 0.336 e. The van der Waals surface area contributed by atoms with Crippen molar-refractivity contribution >= 4 is 5.91 Å². The Bertz CT molecular complexity index is 253. The number of rotatable bonds is 2. The van der Waals surface area contributed by atoms with Crippen LogP contribution >= 0.6 is 0 Å². The summed E-state index contributed by atoms with van der Waals surface area (Å²) in [5.74, 6) is 0.205. The van der Waals surface area contributed by atoms with Crippen LogP contribution in [0.25, 0.3) is 0 Å². The smallest absolute Gasteiger partial charge is 0.224 e. The third-order valence-electron chi connectivity index (χ3n) is 2.85. The molecule has 3 nitrogen and oxygen atoms in total. The Kier molecular flexibility index (Phi) is 3.15. The maximum Gasteiger partial charge on any atom is 0.224 e. The van der Waals surface area contributed by atoms with Crippen molar-refractivity contribution in [1.82, 2.24) is 4.90 Å². The number of hydrogen-bond acceptors (Lipinski definition) is 2. The third-order valence-corrected chi connectivity index (χ3v) is 2.85. The van der Waals surface area contributed by atoms with Gasteiger partial charge in [-0.25, -0.2) is 0 Å². The second-order valence-corrected chi connectivity index (χ2v) is 6.52. The fourth-order valence-electron chi connectivity index (χ4n) is 2.71. The third kappa shape index (κ3) is 3.20. The summed E-state index contributed by atoms with van der Waals surface area (Å²) < 4.78 is 0. The van der Waals surface area contributed by atoms with E-state index in [1.807, 2.05) is 4.90 Å². The van der Waals surface area contributed by atoms with Crippen molar-refractivity contribution in [2.45, 2.75) is 59.0 Å². The molecule has 1 aliphatic heterocycles. The van der Waals surface area contributed by atoms with Crippen molar-refractivity contribution in [2.24, 2.45) is 11.1 Å². The Hall–Kier alpha value is -0.570. The van der Waals surface area contributed by atoms with Crippen molar-refractivity contribution in [3.05, 3.63) is 0 Å². The fourth-order valence-corrected chi connectivity index (χ4v) is 2.71. The van der Waals surface area contributed by atoms with Gasteiger partial charge in [0, 0.05) is 24.5 Å². The normalized spacial score (nSPS) is 23.7. The fraction of sp³-hybridized carbons (Fsp3) is 0.917. The summed E-state index contributed by atoms with van der Waals surface area (Å²) >= 11 is 0. The summed E-state index contributed by atoms with van der Waals surface area (Å²) in [5.41, 5.74) is 5.97. The molecule has 2 N–H and O–H groups in total. The van der Waals surface area contributed by atoms with Crippen LogP contribution in [0, 0.1) is 5.41 Å². The van der Waals surface area contributed by atoms with E-state index in [0.717, 1.165) is 6.42 Å². The van der Waals surface area contributed by atoms with Crippen LogP contribution in [0.4, 0.5) is 0 Å². The summed E-state index contributed by atoms with van der Waals surface area (Å²) in [6.45, 7) is 11.6. The average molecular weight is 212 g/mol. The van der Waals surface area contributed by atoms with E-state index in [0.29, 0.717) is 13.0 Å². The highest BCUT2D eigenvalue weighted by molar-refractivity contribution is 5.80. The molecule has 1 saturated heterocycles. The van der Waals surface area contributed by atoms with Gasteiger partial charge in [-0.15, -0.1) is 0 Å². The van der Waals surface area contributed by atoms with Gasteiger partial charge in [-0.1, -0.05) is 20.8 Å². The Balaban J connectivity index is 2.73. The number of nitrogens with two attached hydrogens (primary N) is 1. The van der Waals surface area contributed by atoms with Crippen LogP contribution in [0.15, 0.2) is 0 Å². The second kappa shape index (κ2) is 3.78. The molecule has 0 aromatic rings. The zero-order valence-corrected chi connectivity index (χ0v) is 10.6. The minimum atomic E-state index is -0.0799. The molecule has 0 saturated carbocycles. The van der Waals surface area contributed by atoms with E-state index in [9.17, 15) is 4.79 Å². The molecule has 0 aliphatic carbocycles. The van der Waals surface area contributed by atoms with E-state index in [2.05, 4.69) is 34.6 Å². The Morgan fingerprint density at radius 3 is 2.20 bits per heavy atom. The number of amides is 1. The van der Waals surface area contributed by atoms with Gasteiger partial charge in [0.1, 0.15) is 0 Å². The lowest BCUT2D eigenvalue weighted by molar-refractivity contribution is -0.133. The molecule has 0 spiro atoms. The van der Waals surface area contributed by atoms with E-state index in [1.54, 1.807) is 0 Å². The van der Waals surface area contributed by atoms with E-state index in [-0.39, 0.29) is 22.9 Å². The summed E-state index contributed by atoms with van der Waals surface area (Å²) in [4.78, 5) is 13.7. The van der Waals surface area contributed by atoms with Gasteiger partial charge >= 0.3 is 0 Å². The molecule has 1 unspecified atom stereocenters. The van der Waals surface area contributed by atoms with Gasteiger partial charge in [-0.05, 0) is 25.7 Å². The van der Waals surface area contributed by atoms with Crippen LogP contribution in [-0.2, 0) is 4.79 Å². The first-order valence-corrected chi connectivity index (χ1v) is 5.68. The summed E-state index contributed by atoms with van der Waals surface area (Å²) in [6, 6.07) is 0.0248. The monoisotopic (exact) mass is 212 g/mol. The molecule has 1 atom stereocenters. The van der Waals surface area contributed by atoms with E-state index in [4.69, 9.17) is 5.73 Å². The molecule has 88 valence electrons. The molecular formula is C12H24N2O. The lowest BCUT2D eigenvalue weighted by atomic mass is 9.81. The van der Waals surface area contributed by atoms with Crippen LogP contribution in [0.3, 0.4) is 0 Å². The summed E-state index contributed by atoms with van der Waals surface area (Å²) in [6.07, 6.45) is 1.51. The van der Waals surface area contributed by atoms with Crippen LogP contribution in [0.2, 0.25) is 0 Å². The number of likely N-dealkylation sites (tertiary alicyclic amines) is 1. The molecule has 0 aromatic carbocycles. The molecule has 1 aliphatic rings. The number of carbonyl (C=O) groups excluding carboxylic acids is 1. The number of hydrogen-bond donors (Lipinski definition) is 1. The molecule has 1 heterocycles. The number of nitrogens with zero attached hydrogens (tertiary/aromatic N) is 1. The molecule has 1 amide bonds. The first-order valence-electron chi connectivity index (χ1n) is 5.68. The maximum absolute atomic E-state index is 11.8. The SMILES string of the molecule is CC(C)(C)CC(C)(C)N1CC(N)CC1=O. The minimum absolute atomic E-state index is 0.0248. The van der Waals surface area contributed by atoms with Crippen LogP contribution in [0.5, 0.6) is 0 Å². The van der Waals surface area contributed by atoms with Crippen molar-refractivity contribution in [3.63, 3.8) is 0 Å². The van der Waals surface area contributed by atoms with E-state index in [1.165, 1.54) is 0 Å². The summed E-state index contributed by atoms with van der Waals surface area (Å²) in [5, 5.41) is 0. The zero-order chi connectivity index (χ0) is 11.9. The average Bonchev–Trinajstić information content (AvgIpc) is 2.24. The Morgan fingerprint density at radius 2 is 1.87 bits per heavy atom. The molecule has 0 aromatic heterocycles. The summed E-state index contributed by atoms with van der Waals surface area (Å²) in [7, 11) is 0. The van der Waals surface area contributed by atoms with Crippen molar-refractivity contribution in [3.8, 4) is 0 Å². The molecule has 15 heavy (non-hydrogen) atoms. The van der Waals surface area contributed by atoms with Gasteiger partial charge in [-0.3, -0.25) is 4.79 Å². The second-order valence-electron chi connectivity index (χ2n) is 6.52. The van der Waals surface area contributed by atoms with Crippen LogP contribution in [0.1, 0.15) is 47.5 Å². The molecule has 0 radical (unpaired) electrons. The van der Waals surface area contributed by atoms with Gasteiger partial charge in [0.15, 0.2) is 0 Å². The lowest BCUT2D eigenvalue weighted by Gasteiger charge is -2.40. The van der Waals surface area contributed by atoms with Gasteiger partial charge in [-0.2, -0.15) is 0 Å². The first-order chi connectivity index (χ1) is 6.62. The minimum Gasteiger partial charge on any atom is -0.336 e. The van der Waals surface area contributed by atoms with Crippen LogP contribution < -0.4 is 5.73 Å². The van der Waals surface area contributed by atoms with Gasteiger partial charge in [0.2, 0.25) is 5.91 Å². The van der Waals surface area contributed by atoms with E-state index < -0.39 is 0 Å². The van der Waals surface area contributed by atoms with Gasteiger partial charge in [0.05, 0.1) is 0 Å². The number of carbonyl (C=O) groups is 1. The first kappa shape index (κ1) is 12.5. The van der Waals surface area contributed by atoms with Crippen molar-refractivity contribution < 1.29 is 4.79 Å². The Labute approximate surface area is 93.0 Å². The molecule has 1 fully saturated rings. The molecule has 1 rings (SSSR count). The highest BCUT2D eigenvalue weighted by Gasteiger charge is 2.39. The quantitative estimate of drug-likeness (QED) is 0.758. The van der Waals surface area contributed by atoms with Crippen molar-refractivity contribution in [1.29, 1.82) is 0 Å². The van der Waals surface area contributed by atoms with E-state index >= 15 is 0 Å². The van der Waals surface area contributed by atoms with Crippen molar-refractivity contribution in [2.75, 3.05) is 6.54 Å². The Morgan fingerprint density at radius 1 is 1.33 bits per heavy atom. The highest BCUT2D eigenvalue weighted by Crippen LogP contribution is 2.33. The predicted octanol–water partition coefficient (Wildman–Crippen LogP) is 1.76. The predicted molar refractivity (Wildman–Crippen MR) is 62.5 cm³/mol. The highest BCUT2D eigenvalue weighted by atomic mass is 16.2. The molecular weight excluding hydrogens is 188 g/mol. The topological polar surface area (TPSA) is 46.3 Å². The zero-order valence-electron chi connectivity index (χ0n) is 10.6. The van der Waals surface area contributed by atoms with Crippen LogP contribution in [-0.4, -0.2) is 28.9 Å². The molecule has 3 heteroatoms. The molecule has 0 bridgehead atoms. The lowest BCUT2D eigenvalue weighted by Crippen LogP contribution is -2.47. The maximum atomic E-state index is 11.8. The van der Waals surface area contributed by atoms with Gasteiger partial charge < -0.3 is 10.6 Å². The standard InChI is InChI=1S/C12H24N2O/c1-11(2,3)8-12(4,5)14-7-9(13)6-10(14)15/h9H,6-8,13H2,1-5H3. The van der Waals surface area contributed by atoms with Gasteiger partial charge in [0.25, 0.3) is 0 Å².